The summed E-state index contributed by atoms with van der Waals surface area (Å²) >= 11 is 8.82. The van der Waals surface area contributed by atoms with Crippen molar-refractivity contribution in [2.45, 2.75) is 45.1 Å². The molecule has 0 bridgehead atoms. The van der Waals surface area contributed by atoms with E-state index < -0.39 is 5.60 Å². The molecule has 1 heterocycles. The first-order valence-corrected chi connectivity index (χ1v) is 7.10. The Morgan fingerprint density at radius 2 is 2.18 bits per heavy atom. The molecular weight excluding hydrogens is 300 g/mol. The summed E-state index contributed by atoms with van der Waals surface area (Å²) in [5, 5.41) is 0. The molecule has 0 saturated heterocycles. The third-order valence-corrected chi connectivity index (χ3v) is 4.31. The van der Waals surface area contributed by atoms with Crippen molar-refractivity contribution >= 4 is 28.1 Å². The van der Waals surface area contributed by atoms with Crippen LogP contribution in [0.25, 0.3) is 0 Å². The average Bonchev–Trinajstić information content (AvgIpc) is 3.05. The lowest BCUT2D eigenvalue weighted by Crippen LogP contribution is -2.25. The zero-order valence-corrected chi connectivity index (χ0v) is 12.7. The first-order chi connectivity index (χ1) is 7.95. The van der Waals surface area contributed by atoms with Crippen LogP contribution in [-0.2, 0) is 10.3 Å². The molecule has 5 heteroatoms. The van der Waals surface area contributed by atoms with Crippen LogP contribution < -0.4 is 0 Å². The lowest BCUT2D eigenvalue weighted by atomic mass is 10.1. The van der Waals surface area contributed by atoms with Crippen LogP contribution in [0.1, 0.15) is 51.0 Å². The van der Waals surface area contributed by atoms with E-state index in [1.165, 1.54) is 18.5 Å². The summed E-state index contributed by atoms with van der Waals surface area (Å²) in [6.07, 6.45) is 2.45. The Balaban J connectivity index is 2.45. The Morgan fingerprint density at radius 1 is 1.53 bits per heavy atom. The van der Waals surface area contributed by atoms with Gasteiger partial charge in [-0.3, -0.25) is 0 Å². The largest absolute Gasteiger partial charge is 0.368 e. The highest BCUT2D eigenvalue weighted by Crippen LogP contribution is 2.42. The number of H-pyrrole nitrogens is 1. The van der Waals surface area contributed by atoms with Crippen LogP contribution in [0.15, 0.2) is 4.47 Å². The van der Waals surface area contributed by atoms with Crippen LogP contribution in [-0.4, -0.2) is 16.6 Å². The van der Waals surface area contributed by atoms with Crippen LogP contribution in [0.5, 0.6) is 0 Å². The van der Waals surface area contributed by atoms with E-state index in [1.807, 2.05) is 20.8 Å². The zero-order valence-electron chi connectivity index (χ0n) is 10.3. The summed E-state index contributed by atoms with van der Waals surface area (Å²) in [5.74, 6) is 1.42. The predicted octanol–water partition coefficient (Wildman–Crippen LogP) is 4.05. The molecule has 0 aliphatic heterocycles. The van der Waals surface area contributed by atoms with E-state index in [2.05, 4.69) is 25.9 Å². The van der Waals surface area contributed by atoms with Gasteiger partial charge in [0, 0.05) is 18.2 Å². The Bertz CT molecular complexity index is 480. The van der Waals surface area contributed by atoms with Gasteiger partial charge >= 0.3 is 0 Å². The molecule has 94 valence electrons. The van der Waals surface area contributed by atoms with Gasteiger partial charge in [-0.05, 0) is 49.5 Å². The van der Waals surface area contributed by atoms with Crippen molar-refractivity contribution in [3.63, 3.8) is 0 Å². The van der Waals surface area contributed by atoms with Gasteiger partial charge in [-0.25, -0.2) is 4.98 Å². The van der Waals surface area contributed by atoms with Gasteiger partial charge in [0.15, 0.2) is 0 Å². The minimum absolute atomic E-state index is 0.424. The van der Waals surface area contributed by atoms with Crippen LogP contribution in [0.4, 0.5) is 0 Å². The second-order valence-corrected chi connectivity index (χ2v) is 6.02. The second-order valence-electron chi connectivity index (χ2n) is 4.84. The molecule has 0 spiro atoms. The molecule has 3 nitrogen and oxygen atoms in total. The van der Waals surface area contributed by atoms with Crippen molar-refractivity contribution in [1.82, 2.24) is 9.97 Å². The third kappa shape index (κ3) is 2.77. The van der Waals surface area contributed by atoms with Gasteiger partial charge in [0.1, 0.15) is 16.1 Å². The number of aromatic nitrogens is 2. The summed E-state index contributed by atoms with van der Waals surface area (Å²) < 4.78 is 7.27. The number of ether oxygens (including phenoxy) is 1. The molecule has 1 fully saturated rings. The van der Waals surface area contributed by atoms with E-state index in [0.29, 0.717) is 17.2 Å². The van der Waals surface area contributed by atoms with Crippen LogP contribution in [0, 0.1) is 4.64 Å². The minimum Gasteiger partial charge on any atom is -0.368 e. The first-order valence-electron chi connectivity index (χ1n) is 5.90. The maximum Gasteiger partial charge on any atom is 0.144 e. The molecule has 0 aromatic carbocycles. The lowest BCUT2D eigenvalue weighted by molar-refractivity contribution is -0.0210. The van der Waals surface area contributed by atoms with E-state index in [-0.39, 0.29) is 0 Å². The fourth-order valence-corrected chi connectivity index (χ4v) is 2.56. The van der Waals surface area contributed by atoms with Crippen LogP contribution in [0.2, 0.25) is 0 Å². The molecule has 0 unspecified atom stereocenters. The monoisotopic (exact) mass is 316 g/mol. The van der Waals surface area contributed by atoms with Crippen LogP contribution >= 0.6 is 28.1 Å². The molecule has 1 aromatic rings. The summed E-state index contributed by atoms with van der Waals surface area (Å²) in [6, 6.07) is 0. The van der Waals surface area contributed by atoms with Gasteiger partial charge in [0.2, 0.25) is 0 Å². The highest BCUT2D eigenvalue weighted by molar-refractivity contribution is 9.10. The molecule has 0 radical (unpaired) electrons. The van der Waals surface area contributed by atoms with E-state index in [1.54, 1.807) is 0 Å². The highest BCUT2D eigenvalue weighted by atomic mass is 79.9. The SMILES string of the molecule is CCOC(C)(C)c1nc(=S)c(Br)c(C2CC2)[nH]1. The van der Waals surface area contributed by atoms with Gasteiger partial charge in [0.25, 0.3) is 0 Å². The molecule has 0 atom stereocenters. The average molecular weight is 317 g/mol. The van der Waals surface area contributed by atoms with Gasteiger partial charge < -0.3 is 9.72 Å². The van der Waals surface area contributed by atoms with Crippen molar-refractivity contribution in [2.75, 3.05) is 6.61 Å². The Labute approximate surface area is 115 Å². The zero-order chi connectivity index (χ0) is 12.6. The van der Waals surface area contributed by atoms with Crippen molar-refractivity contribution in [1.29, 1.82) is 0 Å². The smallest absolute Gasteiger partial charge is 0.144 e. The number of halogens is 1. The number of nitrogens with zero attached hydrogens (tertiary/aromatic N) is 1. The van der Waals surface area contributed by atoms with Gasteiger partial charge in [-0.2, -0.15) is 0 Å². The molecular formula is C12H17BrN2OS. The van der Waals surface area contributed by atoms with E-state index >= 15 is 0 Å². The van der Waals surface area contributed by atoms with Crippen LogP contribution in [0.3, 0.4) is 0 Å². The number of hydrogen-bond acceptors (Lipinski definition) is 3. The number of aromatic amines is 1. The van der Waals surface area contributed by atoms with Gasteiger partial charge in [0.05, 0.1) is 4.47 Å². The predicted molar refractivity (Wildman–Crippen MR) is 73.7 cm³/mol. The fourth-order valence-electron chi connectivity index (χ4n) is 1.84. The summed E-state index contributed by atoms with van der Waals surface area (Å²) in [6.45, 7) is 6.66. The standard InChI is InChI=1S/C12H17BrN2OS/c1-4-16-12(2,3)11-14-9(7-5-6-7)8(13)10(17)15-11/h7H,4-6H2,1-3H3,(H,14,15,17). The fraction of sp³-hybridized carbons (Fsp3) is 0.667. The third-order valence-electron chi connectivity index (χ3n) is 2.95. The minimum atomic E-state index is -0.424. The quantitative estimate of drug-likeness (QED) is 0.851. The molecule has 17 heavy (non-hydrogen) atoms. The molecule has 2 rings (SSSR count). The molecule has 0 amide bonds. The topological polar surface area (TPSA) is 37.9 Å². The Morgan fingerprint density at radius 3 is 2.71 bits per heavy atom. The van der Waals surface area contributed by atoms with E-state index in [0.717, 1.165) is 10.3 Å². The normalized spacial score (nSPS) is 16.2. The van der Waals surface area contributed by atoms with Crippen molar-refractivity contribution in [3.8, 4) is 0 Å². The number of nitrogens with one attached hydrogen (secondary N) is 1. The summed E-state index contributed by atoms with van der Waals surface area (Å²) in [7, 11) is 0. The van der Waals surface area contributed by atoms with Gasteiger partial charge in [-0.15, -0.1) is 0 Å². The highest BCUT2D eigenvalue weighted by Gasteiger charge is 2.30. The number of rotatable bonds is 4. The van der Waals surface area contributed by atoms with Crippen molar-refractivity contribution < 1.29 is 4.74 Å². The van der Waals surface area contributed by atoms with E-state index in [4.69, 9.17) is 17.0 Å². The second kappa shape index (κ2) is 4.78. The molecule has 1 saturated carbocycles. The summed E-state index contributed by atoms with van der Waals surface area (Å²) in [4.78, 5) is 7.81. The van der Waals surface area contributed by atoms with Gasteiger partial charge in [-0.1, -0.05) is 12.2 Å². The van der Waals surface area contributed by atoms with E-state index in [9.17, 15) is 0 Å². The Hall–Kier alpha value is -0.260. The molecule has 1 aliphatic carbocycles. The Kier molecular flexibility index (Phi) is 3.71. The molecule has 1 aliphatic rings. The van der Waals surface area contributed by atoms with Crippen molar-refractivity contribution in [3.05, 3.63) is 20.6 Å². The maximum atomic E-state index is 5.71. The first kappa shape index (κ1) is 13.2. The maximum absolute atomic E-state index is 5.71. The molecule has 1 aromatic heterocycles. The summed E-state index contributed by atoms with van der Waals surface area (Å²) in [5.41, 5.74) is 0.750. The lowest BCUT2D eigenvalue weighted by Gasteiger charge is -2.24. The number of hydrogen-bond donors (Lipinski definition) is 1. The molecule has 1 N–H and O–H groups in total. The van der Waals surface area contributed by atoms with Crippen molar-refractivity contribution in [2.24, 2.45) is 0 Å².